The van der Waals surface area contributed by atoms with Crippen LogP contribution < -0.4 is 5.73 Å². The number of primary amides is 1. The first-order valence-corrected chi connectivity index (χ1v) is 11.0. The lowest BCUT2D eigenvalue weighted by molar-refractivity contribution is -0.240. The zero-order chi connectivity index (χ0) is 21.9. The summed E-state index contributed by atoms with van der Waals surface area (Å²) in [7, 11) is 0. The van der Waals surface area contributed by atoms with Crippen LogP contribution in [0.2, 0.25) is 0 Å². The van der Waals surface area contributed by atoms with Crippen molar-refractivity contribution in [3.63, 3.8) is 0 Å². The van der Waals surface area contributed by atoms with Crippen molar-refractivity contribution in [3.8, 4) is 27.8 Å². The molecular formula is C23H18N6O2S. The maximum atomic E-state index is 11.5. The third-order valence-corrected chi connectivity index (χ3v) is 7.39. The number of nitrogens with zero attached hydrogens (tertiary/aromatic N) is 4. The highest BCUT2D eigenvalue weighted by molar-refractivity contribution is 7.15. The number of hydrogen-bond acceptors (Lipinski definition) is 6. The molecule has 2 aliphatic rings. The molecule has 0 aliphatic carbocycles. The van der Waals surface area contributed by atoms with Crippen molar-refractivity contribution in [1.82, 2.24) is 19.9 Å². The van der Waals surface area contributed by atoms with Gasteiger partial charge in [0.1, 0.15) is 16.8 Å². The summed E-state index contributed by atoms with van der Waals surface area (Å²) in [6, 6.07) is 13.3. The van der Waals surface area contributed by atoms with E-state index in [1.807, 2.05) is 36.5 Å². The molecule has 9 heteroatoms. The van der Waals surface area contributed by atoms with Gasteiger partial charge in [-0.2, -0.15) is 5.26 Å². The Morgan fingerprint density at radius 2 is 2.22 bits per heavy atom. The summed E-state index contributed by atoms with van der Waals surface area (Å²) in [6.45, 7) is 1.75. The SMILES string of the molecule is N#Cc1cccc(-c2nc(C3OCC34CN(C(N)=O)C4)sc2-c2ccnc3[nH]ccc23)c1. The van der Waals surface area contributed by atoms with Crippen LogP contribution in [-0.4, -0.2) is 45.6 Å². The monoisotopic (exact) mass is 442 g/mol. The number of benzene rings is 1. The van der Waals surface area contributed by atoms with Crippen LogP contribution in [0.1, 0.15) is 16.7 Å². The molecule has 6 rings (SSSR count). The number of pyridine rings is 1. The molecule has 32 heavy (non-hydrogen) atoms. The highest BCUT2D eigenvalue weighted by Gasteiger charge is 2.59. The molecule has 1 atom stereocenters. The first-order valence-electron chi connectivity index (χ1n) is 10.2. The van der Waals surface area contributed by atoms with E-state index in [4.69, 9.17) is 15.5 Å². The molecule has 0 radical (unpaired) electrons. The zero-order valence-corrected chi connectivity index (χ0v) is 17.7. The van der Waals surface area contributed by atoms with Crippen LogP contribution in [0.5, 0.6) is 0 Å². The number of nitrogens with one attached hydrogen (secondary N) is 1. The van der Waals surface area contributed by atoms with E-state index in [0.29, 0.717) is 25.3 Å². The molecule has 1 unspecified atom stereocenters. The standard InChI is InChI=1S/C23H18N6O2S/c24-9-13-2-1-3-14(8-13)17-18(15-4-6-26-20-16(15)5-7-27-20)32-21(28-17)19-23(12-31-19)10-29(11-23)22(25)30/h1-8,19H,10-12H2,(H2,25,30)(H,26,27). The Morgan fingerprint density at radius 3 is 2.97 bits per heavy atom. The van der Waals surface area contributed by atoms with E-state index in [1.54, 1.807) is 28.5 Å². The molecule has 3 N–H and O–H groups in total. The second-order valence-corrected chi connectivity index (χ2v) is 9.30. The quantitative estimate of drug-likeness (QED) is 0.501. The summed E-state index contributed by atoms with van der Waals surface area (Å²) >= 11 is 1.59. The number of nitriles is 1. The van der Waals surface area contributed by atoms with Crippen molar-refractivity contribution >= 4 is 28.4 Å². The van der Waals surface area contributed by atoms with E-state index in [2.05, 4.69) is 16.0 Å². The molecule has 0 saturated carbocycles. The van der Waals surface area contributed by atoms with E-state index < -0.39 is 6.03 Å². The van der Waals surface area contributed by atoms with Gasteiger partial charge < -0.3 is 20.4 Å². The normalized spacial score (nSPS) is 18.8. The molecule has 2 fully saturated rings. The molecule has 158 valence electrons. The predicted molar refractivity (Wildman–Crippen MR) is 120 cm³/mol. The average molecular weight is 443 g/mol. The number of rotatable bonds is 3. The molecular weight excluding hydrogens is 424 g/mol. The van der Waals surface area contributed by atoms with Gasteiger partial charge in [0.25, 0.3) is 0 Å². The van der Waals surface area contributed by atoms with Crippen LogP contribution in [0.4, 0.5) is 4.79 Å². The molecule has 8 nitrogen and oxygen atoms in total. The number of carbonyl (C=O) groups is 1. The van der Waals surface area contributed by atoms with E-state index in [1.165, 1.54) is 0 Å². The lowest BCUT2D eigenvalue weighted by Gasteiger charge is -2.58. The summed E-state index contributed by atoms with van der Waals surface area (Å²) in [4.78, 5) is 26.7. The number of ether oxygens (including phenoxy) is 1. The Hall–Kier alpha value is -3.74. The second-order valence-electron chi connectivity index (χ2n) is 8.27. The molecule has 2 aliphatic heterocycles. The second kappa shape index (κ2) is 6.88. The Balaban J connectivity index is 1.48. The molecule has 5 heterocycles. The lowest BCUT2D eigenvalue weighted by atomic mass is 9.71. The van der Waals surface area contributed by atoms with Crippen LogP contribution in [0.25, 0.3) is 32.7 Å². The molecule has 3 aromatic heterocycles. The fourth-order valence-electron chi connectivity index (χ4n) is 4.58. The summed E-state index contributed by atoms with van der Waals surface area (Å²) in [5.41, 5.74) is 9.41. The summed E-state index contributed by atoms with van der Waals surface area (Å²) in [5, 5.41) is 11.3. The number of nitrogens with two attached hydrogens (primary N) is 1. The van der Waals surface area contributed by atoms with Crippen molar-refractivity contribution < 1.29 is 9.53 Å². The number of carbonyl (C=O) groups excluding carboxylic acids is 1. The number of fused-ring (bicyclic) bond motifs is 1. The van der Waals surface area contributed by atoms with E-state index in [-0.39, 0.29) is 11.5 Å². The topological polar surface area (TPSA) is 121 Å². The zero-order valence-electron chi connectivity index (χ0n) is 16.9. The number of thiazole rings is 1. The minimum Gasteiger partial charge on any atom is -0.369 e. The largest absolute Gasteiger partial charge is 0.369 e. The van der Waals surface area contributed by atoms with E-state index in [0.717, 1.165) is 37.7 Å². The van der Waals surface area contributed by atoms with Crippen molar-refractivity contribution in [1.29, 1.82) is 5.26 Å². The summed E-state index contributed by atoms with van der Waals surface area (Å²) in [5.74, 6) is 0. The van der Waals surface area contributed by atoms with Gasteiger partial charge in [0, 0.05) is 42.0 Å². The molecule has 0 bridgehead atoms. The minimum atomic E-state index is -0.401. The van der Waals surface area contributed by atoms with Crippen LogP contribution in [0, 0.1) is 16.7 Å². The predicted octanol–water partition coefficient (Wildman–Crippen LogP) is 3.68. The van der Waals surface area contributed by atoms with Gasteiger partial charge in [0.05, 0.1) is 34.2 Å². The third-order valence-electron chi connectivity index (χ3n) is 6.25. The molecule has 1 aromatic carbocycles. The first kappa shape index (κ1) is 19.0. The number of urea groups is 1. The fourth-order valence-corrected chi connectivity index (χ4v) is 5.90. The van der Waals surface area contributed by atoms with Crippen LogP contribution in [-0.2, 0) is 4.74 Å². The van der Waals surface area contributed by atoms with Crippen molar-refractivity contribution in [2.24, 2.45) is 11.1 Å². The Labute approximate surface area is 187 Å². The van der Waals surface area contributed by atoms with Crippen molar-refractivity contribution in [2.75, 3.05) is 19.7 Å². The maximum absolute atomic E-state index is 11.5. The number of amides is 2. The van der Waals surface area contributed by atoms with E-state index in [9.17, 15) is 10.1 Å². The fraction of sp³-hybridized carbons (Fsp3) is 0.217. The first-order chi connectivity index (χ1) is 15.6. The number of aromatic amines is 1. The van der Waals surface area contributed by atoms with Crippen molar-refractivity contribution in [2.45, 2.75) is 6.10 Å². The van der Waals surface area contributed by atoms with Crippen LogP contribution in [0.15, 0.2) is 48.8 Å². The lowest BCUT2D eigenvalue weighted by Crippen LogP contribution is -2.69. The van der Waals surface area contributed by atoms with Crippen LogP contribution >= 0.6 is 11.3 Å². The van der Waals surface area contributed by atoms with Gasteiger partial charge in [0.2, 0.25) is 0 Å². The van der Waals surface area contributed by atoms with Gasteiger partial charge in [-0.05, 0) is 24.3 Å². The van der Waals surface area contributed by atoms with E-state index >= 15 is 0 Å². The van der Waals surface area contributed by atoms with Gasteiger partial charge in [-0.3, -0.25) is 0 Å². The van der Waals surface area contributed by atoms with Gasteiger partial charge >= 0.3 is 6.03 Å². The third kappa shape index (κ3) is 2.74. The molecule has 2 amide bonds. The molecule has 2 saturated heterocycles. The van der Waals surface area contributed by atoms with Crippen molar-refractivity contribution in [3.05, 3.63) is 59.4 Å². The number of H-pyrrole nitrogens is 1. The number of hydrogen-bond donors (Lipinski definition) is 2. The summed E-state index contributed by atoms with van der Waals surface area (Å²) in [6.07, 6.45) is 3.47. The van der Waals surface area contributed by atoms with Gasteiger partial charge in [0.15, 0.2) is 0 Å². The Morgan fingerprint density at radius 1 is 1.34 bits per heavy atom. The molecule has 1 spiro atoms. The average Bonchev–Trinajstić information content (AvgIpc) is 3.39. The van der Waals surface area contributed by atoms with Crippen LogP contribution in [0.3, 0.4) is 0 Å². The Kier molecular flexibility index (Phi) is 4.08. The number of aromatic nitrogens is 3. The van der Waals surface area contributed by atoms with Gasteiger partial charge in [-0.1, -0.05) is 12.1 Å². The minimum absolute atomic E-state index is 0.127. The molecule has 4 aromatic rings. The van der Waals surface area contributed by atoms with Gasteiger partial charge in [-0.15, -0.1) is 11.3 Å². The summed E-state index contributed by atoms with van der Waals surface area (Å²) < 4.78 is 5.96. The smallest absolute Gasteiger partial charge is 0.314 e. The highest BCUT2D eigenvalue weighted by atomic mass is 32.1. The van der Waals surface area contributed by atoms with Gasteiger partial charge in [-0.25, -0.2) is 14.8 Å². The highest BCUT2D eigenvalue weighted by Crippen LogP contribution is 2.54. The maximum Gasteiger partial charge on any atom is 0.314 e. The Bertz CT molecular complexity index is 1410. The number of likely N-dealkylation sites (tertiary alicyclic amines) is 1.